The normalized spacial score (nSPS) is 14.2. The molecule has 2 aromatic carbocycles. The minimum absolute atomic E-state index is 0.123. The number of carbonyl (C=O) groups is 1. The van der Waals surface area contributed by atoms with E-state index in [1.807, 2.05) is 12.1 Å². The number of rotatable bonds is 4. The van der Waals surface area contributed by atoms with Gasteiger partial charge in [-0.3, -0.25) is 4.79 Å². The van der Waals surface area contributed by atoms with Gasteiger partial charge in [-0.25, -0.2) is 5.43 Å². The number of hydrazone groups is 1. The SMILES string of the molecule is O=C(N/N=C\c1cc(Cl)cc(Cl)c1O)c1ccc(N2CCCC2)cc1. The topological polar surface area (TPSA) is 64.9 Å². The first-order valence-corrected chi connectivity index (χ1v) is 8.66. The zero-order valence-corrected chi connectivity index (χ0v) is 14.9. The number of amides is 1. The van der Waals surface area contributed by atoms with Gasteiger partial charge in [0.1, 0.15) is 5.75 Å². The van der Waals surface area contributed by atoms with E-state index >= 15 is 0 Å². The van der Waals surface area contributed by atoms with Gasteiger partial charge in [0.05, 0.1) is 11.2 Å². The van der Waals surface area contributed by atoms with Crippen molar-refractivity contribution in [2.45, 2.75) is 12.8 Å². The van der Waals surface area contributed by atoms with Crippen LogP contribution in [-0.4, -0.2) is 30.3 Å². The Labute approximate surface area is 155 Å². The maximum absolute atomic E-state index is 12.1. The van der Waals surface area contributed by atoms with Gasteiger partial charge in [-0.2, -0.15) is 5.10 Å². The minimum atomic E-state index is -0.336. The highest BCUT2D eigenvalue weighted by molar-refractivity contribution is 6.36. The van der Waals surface area contributed by atoms with Gasteiger partial charge in [0.15, 0.2) is 0 Å². The van der Waals surface area contributed by atoms with E-state index in [1.54, 1.807) is 12.1 Å². The lowest BCUT2D eigenvalue weighted by molar-refractivity contribution is 0.0955. The number of benzene rings is 2. The predicted octanol–water partition coefficient (Wildman–Crippen LogP) is 4.06. The third-order valence-electron chi connectivity index (χ3n) is 4.03. The van der Waals surface area contributed by atoms with E-state index in [2.05, 4.69) is 15.4 Å². The van der Waals surface area contributed by atoms with Gasteiger partial charge in [-0.05, 0) is 49.2 Å². The molecule has 130 valence electrons. The quantitative estimate of drug-likeness (QED) is 0.623. The van der Waals surface area contributed by atoms with Crippen LogP contribution in [0.2, 0.25) is 10.0 Å². The monoisotopic (exact) mass is 377 g/mol. The van der Waals surface area contributed by atoms with Gasteiger partial charge in [-0.1, -0.05) is 23.2 Å². The lowest BCUT2D eigenvalue weighted by atomic mass is 10.2. The third-order valence-corrected chi connectivity index (χ3v) is 4.53. The minimum Gasteiger partial charge on any atom is -0.506 e. The average molecular weight is 378 g/mol. The highest BCUT2D eigenvalue weighted by atomic mass is 35.5. The molecule has 5 nitrogen and oxygen atoms in total. The van der Waals surface area contributed by atoms with Crippen LogP contribution in [0.25, 0.3) is 0 Å². The molecule has 1 aliphatic heterocycles. The number of phenols is 1. The number of anilines is 1. The molecule has 1 fully saturated rings. The van der Waals surface area contributed by atoms with E-state index in [4.69, 9.17) is 23.2 Å². The number of halogens is 2. The van der Waals surface area contributed by atoms with Crippen LogP contribution in [0.4, 0.5) is 5.69 Å². The van der Waals surface area contributed by atoms with Gasteiger partial charge < -0.3 is 10.0 Å². The summed E-state index contributed by atoms with van der Waals surface area (Å²) in [4.78, 5) is 14.4. The predicted molar refractivity (Wildman–Crippen MR) is 101 cm³/mol. The Balaban J connectivity index is 1.64. The molecule has 0 atom stereocenters. The van der Waals surface area contributed by atoms with Crippen molar-refractivity contribution in [1.82, 2.24) is 5.43 Å². The molecule has 3 rings (SSSR count). The fourth-order valence-electron chi connectivity index (χ4n) is 2.71. The van der Waals surface area contributed by atoms with Crippen molar-refractivity contribution in [2.24, 2.45) is 5.10 Å². The second kappa shape index (κ2) is 7.76. The molecule has 0 bridgehead atoms. The van der Waals surface area contributed by atoms with Gasteiger partial charge in [0.25, 0.3) is 5.91 Å². The van der Waals surface area contributed by atoms with Crippen LogP contribution in [-0.2, 0) is 0 Å². The Bertz CT molecular complexity index is 801. The Kier molecular flexibility index (Phi) is 5.46. The molecule has 0 aromatic heterocycles. The van der Waals surface area contributed by atoms with Crippen LogP contribution >= 0.6 is 23.2 Å². The van der Waals surface area contributed by atoms with Gasteiger partial charge in [0, 0.05) is 34.9 Å². The molecule has 2 aromatic rings. The summed E-state index contributed by atoms with van der Waals surface area (Å²) in [5.41, 5.74) is 4.37. The Morgan fingerprint density at radius 2 is 1.84 bits per heavy atom. The van der Waals surface area contributed by atoms with Crippen molar-refractivity contribution in [3.8, 4) is 5.75 Å². The van der Waals surface area contributed by atoms with E-state index in [9.17, 15) is 9.90 Å². The molecule has 7 heteroatoms. The van der Waals surface area contributed by atoms with Crippen molar-refractivity contribution in [2.75, 3.05) is 18.0 Å². The van der Waals surface area contributed by atoms with Crippen molar-refractivity contribution in [3.63, 3.8) is 0 Å². The van der Waals surface area contributed by atoms with Crippen LogP contribution < -0.4 is 10.3 Å². The van der Waals surface area contributed by atoms with Crippen molar-refractivity contribution < 1.29 is 9.90 Å². The summed E-state index contributed by atoms with van der Waals surface area (Å²) >= 11 is 11.7. The second-order valence-electron chi connectivity index (χ2n) is 5.77. The molecule has 1 amide bonds. The van der Waals surface area contributed by atoms with Crippen molar-refractivity contribution in [1.29, 1.82) is 0 Å². The van der Waals surface area contributed by atoms with E-state index < -0.39 is 0 Å². The largest absolute Gasteiger partial charge is 0.506 e. The molecule has 0 saturated carbocycles. The summed E-state index contributed by atoms with van der Waals surface area (Å²) in [5.74, 6) is -0.476. The molecule has 0 aliphatic carbocycles. The van der Waals surface area contributed by atoms with Crippen LogP contribution in [0.5, 0.6) is 5.75 Å². The zero-order chi connectivity index (χ0) is 17.8. The molecular formula is C18H17Cl2N3O2. The number of nitrogens with one attached hydrogen (secondary N) is 1. The fourth-order valence-corrected chi connectivity index (χ4v) is 3.22. The number of phenolic OH excluding ortho intramolecular Hbond substituents is 1. The maximum Gasteiger partial charge on any atom is 0.271 e. The Hall–Kier alpha value is -2.24. The first-order chi connectivity index (χ1) is 12.0. The van der Waals surface area contributed by atoms with Crippen molar-refractivity contribution in [3.05, 3.63) is 57.6 Å². The lowest BCUT2D eigenvalue weighted by Gasteiger charge is -2.17. The summed E-state index contributed by atoms with van der Waals surface area (Å²) in [7, 11) is 0. The van der Waals surface area contributed by atoms with E-state index in [0.717, 1.165) is 18.8 Å². The van der Waals surface area contributed by atoms with Crippen LogP contribution in [0, 0.1) is 0 Å². The Morgan fingerprint density at radius 3 is 2.52 bits per heavy atom. The number of hydrogen-bond acceptors (Lipinski definition) is 4. The van der Waals surface area contributed by atoms with E-state index in [0.29, 0.717) is 16.1 Å². The number of nitrogens with zero attached hydrogens (tertiary/aromatic N) is 2. The van der Waals surface area contributed by atoms with Crippen LogP contribution in [0.15, 0.2) is 41.5 Å². The first kappa shape index (κ1) is 17.6. The van der Waals surface area contributed by atoms with E-state index in [1.165, 1.54) is 31.2 Å². The summed E-state index contributed by atoms with van der Waals surface area (Å²) in [6.07, 6.45) is 3.71. The molecule has 2 N–H and O–H groups in total. The molecular weight excluding hydrogens is 361 g/mol. The first-order valence-electron chi connectivity index (χ1n) is 7.91. The van der Waals surface area contributed by atoms with Crippen LogP contribution in [0.1, 0.15) is 28.8 Å². The number of carbonyl (C=O) groups excluding carboxylic acids is 1. The van der Waals surface area contributed by atoms with Crippen molar-refractivity contribution >= 4 is 41.0 Å². The van der Waals surface area contributed by atoms with Gasteiger partial charge in [0.2, 0.25) is 0 Å². The van der Waals surface area contributed by atoms with Gasteiger partial charge in [-0.15, -0.1) is 0 Å². The maximum atomic E-state index is 12.1. The smallest absolute Gasteiger partial charge is 0.271 e. The zero-order valence-electron chi connectivity index (χ0n) is 13.4. The summed E-state index contributed by atoms with van der Waals surface area (Å²) in [5, 5.41) is 14.2. The van der Waals surface area contributed by atoms with Gasteiger partial charge >= 0.3 is 0 Å². The fraction of sp³-hybridized carbons (Fsp3) is 0.222. The molecule has 0 unspecified atom stereocenters. The lowest BCUT2D eigenvalue weighted by Crippen LogP contribution is -2.19. The van der Waals surface area contributed by atoms with E-state index in [-0.39, 0.29) is 16.7 Å². The number of hydrogen-bond donors (Lipinski definition) is 2. The molecule has 1 heterocycles. The summed E-state index contributed by atoms with van der Waals surface area (Å²) < 4.78 is 0. The average Bonchev–Trinajstić information content (AvgIpc) is 3.13. The molecule has 1 aliphatic rings. The molecule has 25 heavy (non-hydrogen) atoms. The van der Waals surface area contributed by atoms with Crippen LogP contribution in [0.3, 0.4) is 0 Å². The second-order valence-corrected chi connectivity index (χ2v) is 6.61. The highest BCUT2D eigenvalue weighted by Gasteiger charge is 2.13. The summed E-state index contributed by atoms with van der Waals surface area (Å²) in [6.45, 7) is 2.11. The molecule has 0 spiro atoms. The third kappa shape index (κ3) is 4.24. The number of aromatic hydroxyl groups is 1. The summed E-state index contributed by atoms with van der Waals surface area (Å²) in [6, 6.07) is 10.3. The highest BCUT2D eigenvalue weighted by Crippen LogP contribution is 2.29. The molecule has 1 saturated heterocycles. The Morgan fingerprint density at radius 1 is 1.16 bits per heavy atom. The molecule has 0 radical (unpaired) electrons. The standard InChI is InChI=1S/C18H17Cl2N3O2/c19-14-9-13(17(24)16(20)10-14)11-21-22-18(25)12-3-5-15(6-4-12)23-7-1-2-8-23/h3-6,9-11,24H,1-2,7-8H2,(H,22,25)/b21-11-.